The first-order valence-electron chi connectivity index (χ1n) is 6.91. The standard InChI is InChI=1S/C16H19NO3/c1-3-4-11-20-16(19)12(2)17-10-9-13-7-5-6-8-14(13)15(17)18/h5-10,12H,3-4,11H2,1-2H3. The van der Waals surface area contributed by atoms with Crippen LogP contribution < -0.4 is 5.56 Å². The number of unbranched alkanes of at least 4 members (excludes halogenated alkanes) is 1. The van der Waals surface area contributed by atoms with E-state index in [0.717, 1.165) is 18.2 Å². The van der Waals surface area contributed by atoms with Crippen molar-refractivity contribution >= 4 is 16.7 Å². The molecule has 1 aromatic carbocycles. The molecular formula is C16H19NO3. The Morgan fingerprint density at radius 2 is 2.05 bits per heavy atom. The third-order valence-electron chi connectivity index (χ3n) is 3.34. The van der Waals surface area contributed by atoms with Gasteiger partial charge in [0.15, 0.2) is 0 Å². The van der Waals surface area contributed by atoms with Gasteiger partial charge in [0.1, 0.15) is 6.04 Å². The Morgan fingerprint density at radius 3 is 2.80 bits per heavy atom. The monoisotopic (exact) mass is 273 g/mol. The SMILES string of the molecule is CCCCOC(=O)C(C)n1ccc2ccccc2c1=O. The summed E-state index contributed by atoms with van der Waals surface area (Å²) in [4.78, 5) is 24.3. The lowest BCUT2D eigenvalue weighted by Gasteiger charge is -2.15. The fraction of sp³-hybridized carbons (Fsp3) is 0.375. The van der Waals surface area contributed by atoms with Crippen LogP contribution in [-0.4, -0.2) is 17.1 Å². The van der Waals surface area contributed by atoms with E-state index in [1.54, 1.807) is 19.2 Å². The molecule has 106 valence electrons. The number of pyridine rings is 1. The number of rotatable bonds is 5. The molecule has 0 radical (unpaired) electrons. The number of carbonyl (C=O) groups excluding carboxylic acids is 1. The van der Waals surface area contributed by atoms with Crippen LogP contribution in [0.3, 0.4) is 0 Å². The van der Waals surface area contributed by atoms with Crippen molar-refractivity contribution in [2.24, 2.45) is 0 Å². The third-order valence-corrected chi connectivity index (χ3v) is 3.34. The highest BCUT2D eigenvalue weighted by Crippen LogP contribution is 2.12. The van der Waals surface area contributed by atoms with Crippen molar-refractivity contribution in [3.63, 3.8) is 0 Å². The van der Waals surface area contributed by atoms with Gasteiger partial charge in [0.25, 0.3) is 5.56 Å². The van der Waals surface area contributed by atoms with Crippen molar-refractivity contribution in [2.45, 2.75) is 32.7 Å². The molecule has 0 fully saturated rings. The van der Waals surface area contributed by atoms with E-state index < -0.39 is 6.04 Å². The van der Waals surface area contributed by atoms with Crippen molar-refractivity contribution in [1.29, 1.82) is 0 Å². The number of aromatic nitrogens is 1. The maximum Gasteiger partial charge on any atom is 0.328 e. The molecule has 20 heavy (non-hydrogen) atoms. The molecule has 1 atom stereocenters. The second-order valence-corrected chi connectivity index (χ2v) is 4.81. The van der Waals surface area contributed by atoms with Gasteiger partial charge in [-0.25, -0.2) is 4.79 Å². The number of benzene rings is 1. The summed E-state index contributed by atoms with van der Waals surface area (Å²) >= 11 is 0. The van der Waals surface area contributed by atoms with E-state index in [0.29, 0.717) is 12.0 Å². The first-order valence-corrected chi connectivity index (χ1v) is 6.91. The summed E-state index contributed by atoms with van der Waals surface area (Å²) in [6.07, 6.45) is 3.46. The van der Waals surface area contributed by atoms with Crippen LogP contribution in [0.5, 0.6) is 0 Å². The number of hydrogen-bond donors (Lipinski definition) is 0. The number of fused-ring (bicyclic) bond motifs is 1. The Bertz CT molecular complexity index is 660. The molecule has 1 heterocycles. The normalized spacial score (nSPS) is 12.3. The highest BCUT2D eigenvalue weighted by atomic mass is 16.5. The fourth-order valence-electron chi connectivity index (χ4n) is 2.06. The highest BCUT2D eigenvalue weighted by molar-refractivity contribution is 5.82. The summed E-state index contributed by atoms with van der Waals surface area (Å²) in [6, 6.07) is 8.58. The van der Waals surface area contributed by atoms with Crippen LogP contribution in [0.2, 0.25) is 0 Å². The smallest absolute Gasteiger partial charge is 0.328 e. The predicted octanol–water partition coefficient (Wildman–Crippen LogP) is 2.91. The van der Waals surface area contributed by atoms with Crippen LogP contribution >= 0.6 is 0 Å². The van der Waals surface area contributed by atoms with Crippen LogP contribution in [0.1, 0.15) is 32.7 Å². The van der Waals surface area contributed by atoms with Crippen molar-refractivity contribution in [3.8, 4) is 0 Å². The lowest BCUT2D eigenvalue weighted by molar-refractivity contribution is -0.147. The number of nitrogens with zero attached hydrogens (tertiary/aromatic N) is 1. The molecule has 0 N–H and O–H groups in total. The van der Waals surface area contributed by atoms with Crippen molar-refractivity contribution in [1.82, 2.24) is 4.57 Å². The second kappa shape index (κ2) is 6.37. The average molecular weight is 273 g/mol. The summed E-state index contributed by atoms with van der Waals surface area (Å²) in [7, 11) is 0. The van der Waals surface area contributed by atoms with E-state index in [9.17, 15) is 9.59 Å². The second-order valence-electron chi connectivity index (χ2n) is 4.81. The highest BCUT2D eigenvalue weighted by Gasteiger charge is 2.18. The lowest BCUT2D eigenvalue weighted by Crippen LogP contribution is -2.29. The lowest BCUT2D eigenvalue weighted by atomic mass is 10.1. The minimum Gasteiger partial charge on any atom is -0.464 e. The average Bonchev–Trinajstić information content (AvgIpc) is 2.47. The summed E-state index contributed by atoms with van der Waals surface area (Å²) < 4.78 is 6.59. The zero-order valence-electron chi connectivity index (χ0n) is 11.8. The molecule has 1 unspecified atom stereocenters. The summed E-state index contributed by atoms with van der Waals surface area (Å²) in [5.74, 6) is -0.365. The molecule has 2 aromatic rings. The molecule has 0 bridgehead atoms. The third kappa shape index (κ3) is 2.90. The molecule has 0 aliphatic carbocycles. The minimum atomic E-state index is -0.607. The van der Waals surface area contributed by atoms with E-state index in [1.807, 2.05) is 31.2 Å². The van der Waals surface area contributed by atoms with Gasteiger partial charge in [0, 0.05) is 11.6 Å². The van der Waals surface area contributed by atoms with Gasteiger partial charge < -0.3 is 9.30 Å². The number of esters is 1. The molecule has 2 rings (SSSR count). The minimum absolute atomic E-state index is 0.164. The number of hydrogen-bond acceptors (Lipinski definition) is 3. The van der Waals surface area contributed by atoms with Gasteiger partial charge in [-0.3, -0.25) is 4.79 Å². The number of carbonyl (C=O) groups is 1. The van der Waals surface area contributed by atoms with E-state index >= 15 is 0 Å². The molecule has 0 spiro atoms. The maximum atomic E-state index is 12.4. The Morgan fingerprint density at radius 1 is 1.30 bits per heavy atom. The predicted molar refractivity (Wildman–Crippen MR) is 78.8 cm³/mol. The number of ether oxygens (including phenoxy) is 1. The molecule has 1 aromatic heterocycles. The molecule has 0 aliphatic heterocycles. The van der Waals surface area contributed by atoms with Gasteiger partial charge in [-0.05, 0) is 30.9 Å². The zero-order chi connectivity index (χ0) is 14.5. The van der Waals surface area contributed by atoms with Crippen LogP contribution in [0.15, 0.2) is 41.3 Å². The molecule has 0 saturated carbocycles. The maximum absolute atomic E-state index is 12.4. The zero-order valence-corrected chi connectivity index (χ0v) is 11.8. The molecule has 4 nitrogen and oxygen atoms in total. The topological polar surface area (TPSA) is 48.3 Å². The van der Waals surface area contributed by atoms with Crippen molar-refractivity contribution in [3.05, 3.63) is 46.9 Å². The molecular weight excluding hydrogens is 254 g/mol. The van der Waals surface area contributed by atoms with Crippen molar-refractivity contribution < 1.29 is 9.53 Å². The Kier molecular flexibility index (Phi) is 4.56. The van der Waals surface area contributed by atoms with Gasteiger partial charge in [0.05, 0.1) is 6.61 Å². The van der Waals surface area contributed by atoms with E-state index in [2.05, 4.69) is 0 Å². The Hall–Kier alpha value is -2.10. The molecule has 0 aliphatic rings. The van der Waals surface area contributed by atoms with E-state index in [4.69, 9.17) is 4.74 Å². The Balaban J connectivity index is 2.26. The molecule has 4 heteroatoms. The van der Waals surface area contributed by atoms with Gasteiger partial charge in [-0.1, -0.05) is 31.5 Å². The summed E-state index contributed by atoms with van der Waals surface area (Å²) in [5.41, 5.74) is -0.164. The van der Waals surface area contributed by atoms with Gasteiger partial charge >= 0.3 is 5.97 Å². The Labute approximate surface area is 118 Å². The summed E-state index contributed by atoms with van der Waals surface area (Å²) in [6.45, 7) is 4.12. The fourth-order valence-corrected chi connectivity index (χ4v) is 2.06. The first-order chi connectivity index (χ1) is 9.65. The quantitative estimate of drug-likeness (QED) is 0.621. The van der Waals surface area contributed by atoms with Gasteiger partial charge in [0.2, 0.25) is 0 Å². The molecule has 0 saturated heterocycles. The largest absolute Gasteiger partial charge is 0.464 e. The van der Waals surface area contributed by atoms with E-state index in [-0.39, 0.29) is 11.5 Å². The van der Waals surface area contributed by atoms with Gasteiger partial charge in [-0.15, -0.1) is 0 Å². The van der Waals surface area contributed by atoms with Crippen molar-refractivity contribution in [2.75, 3.05) is 6.61 Å². The van der Waals surface area contributed by atoms with Crippen LogP contribution in [0.4, 0.5) is 0 Å². The molecule has 0 amide bonds. The first kappa shape index (κ1) is 14.3. The van der Waals surface area contributed by atoms with Crippen LogP contribution in [0, 0.1) is 0 Å². The summed E-state index contributed by atoms with van der Waals surface area (Å²) in [5, 5.41) is 1.49. The van der Waals surface area contributed by atoms with Crippen LogP contribution in [0.25, 0.3) is 10.8 Å². The van der Waals surface area contributed by atoms with E-state index in [1.165, 1.54) is 4.57 Å². The van der Waals surface area contributed by atoms with Gasteiger partial charge in [-0.2, -0.15) is 0 Å². The van der Waals surface area contributed by atoms with Crippen LogP contribution in [-0.2, 0) is 9.53 Å².